The van der Waals surface area contributed by atoms with Gasteiger partial charge in [-0.1, -0.05) is 79.3 Å². The topological polar surface area (TPSA) is 117 Å². The molecule has 3 heterocycles. The predicted octanol–water partition coefficient (Wildman–Crippen LogP) is 4.85. The Morgan fingerprint density at radius 1 is 1.05 bits per heavy atom. The van der Waals surface area contributed by atoms with Crippen LogP contribution in [0, 0.1) is 0 Å². The van der Waals surface area contributed by atoms with Gasteiger partial charge in [0.05, 0.1) is 23.3 Å². The number of H-pyrrole nitrogens is 1. The molecular formula is C33H37N5O4S. The number of hydrogen-bond donors (Lipinski definition) is 2. The van der Waals surface area contributed by atoms with Crippen molar-refractivity contribution in [3.63, 3.8) is 0 Å². The summed E-state index contributed by atoms with van der Waals surface area (Å²) in [5, 5.41) is 13.8. The van der Waals surface area contributed by atoms with E-state index in [-0.39, 0.29) is 11.7 Å². The maximum absolute atomic E-state index is 14.2. The predicted molar refractivity (Wildman–Crippen MR) is 169 cm³/mol. The first-order valence-corrected chi connectivity index (χ1v) is 15.6. The van der Waals surface area contributed by atoms with E-state index in [4.69, 9.17) is 21.7 Å². The molecule has 1 aliphatic carbocycles. The summed E-state index contributed by atoms with van der Waals surface area (Å²) in [7, 11) is 0. The second-order valence-electron chi connectivity index (χ2n) is 11.6. The van der Waals surface area contributed by atoms with E-state index in [0.29, 0.717) is 37.5 Å². The Morgan fingerprint density at radius 2 is 1.77 bits per heavy atom. The maximum atomic E-state index is 14.2. The molecule has 1 saturated heterocycles. The standard InChI is InChI=1S/C33H37N5O4S/c1-2-3-8-28-34-30(23-13-14-23)27(19-29(43)37-17-15-24(39)16-18-37)32(40)38(28)20-21-9-11-22(12-10-21)25-6-4-5-7-26(25)31-35-33(41)42-36-31/h4-7,9-12,23-24,39H,2-3,8,13-20H2,1H3,(H,35,36,41). The van der Waals surface area contributed by atoms with E-state index in [1.807, 2.05) is 53.1 Å². The molecule has 2 N–H and O–H groups in total. The third-order valence-electron chi connectivity index (χ3n) is 8.46. The van der Waals surface area contributed by atoms with Crippen LogP contribution in [0.4, 0.5) is 0 Å². The monoisotopic (exact) mass is 599 g/mol. The average molecular weight is 600 g/mol. The number of benzene rings is 2. The van der Waals surface area contributed by atoms with Crippen LogP contribution >= 0.6 is 12.2 Å². The summed E-state index contributed by atoms with van der Waals surface area (Å²) in [5.74, 6) is 0.960. The summed E-state index contributed by atoms with van der Waals surface area (Å²) in [6.45, 7) is 4.01. The molecule has 4 aromatic rings. The fourth-order valence-electron chi connectivity index (χ4n) is 5.84. The van der Waals surface area contributed by atoms with Gasteiger partial charge >= 0.3 is 5.76 Å². The zero-order valence-electron chi connectivity index (χ0n) is 24.4. The van der Waals surface area contributed by atoms with Crippen molar-refractivity contribution in [2.24, 2.45) is 0 Å². The smallest absolute Gasteiger partial charge is 0.393 e. The Balaban J connectivity index is 1.31. The molecule has 1 aliphatic heterocycles. The Labute approximate surface area is 255 Å². The number of aromatic nitrogens is 4. The highest BCUT2D eigenvalue weighted by Crippen LogP contribution is 2.40. The molecule has 0 bridgehead atoms. The van der Waals surface area contributed by atoms with Crippen LogP contribution < -0.4 is 11.3 Å². The highest BCUT2D eigenvalue weighted by atomic mass is 32.1. The third-order valence-corrected chi connectivity index (χ3v) is 8.87. The molecule has 0 amide bonds. The zero-order chi connectivity index (χ0) is 29.9. The number of aliphatic hydroxyl groups is 1. The summed E-state index contributed by atoms with van der Waals surface area (Å²) >= 11 is 5.84. The van der Waals surface area contributed by atoms with Gasteiger partial charge in [0.25, 0.3) is 5.56 Å². The Bertz CT molecular complexity index is 1710. The summed E-state index contributed by atoms with van der Waals surface area (Å²) in [6.07, 6.45) is 6.39. The van der Waals surface area contributed by atoms with Crippen LogP contribution in [0.1, 0.15) is 74.0 Å². The number of aryl methyl sites for hydroxylation is 1. The number of aliphatic hydroxyl groups excluding tert-OH is 1. The number of thiocarbonyl (C=S) groups is 1. The lowest BCUT2D eigenvalue weighted by Gasteiger charge is -2.32. The summed E-state index contributed by atoms with van der Waals surface area (Å²) in [4.78, 5) is 36.5. The van der Waals surface area contributed by atoms with E-state index >= 15 is 0 Å². The minimum atomic E-state index is -0.597. The van der Waals surface area contributed by atoms with Crippen molar-refractivity contribution in [2.75, 3.05) is 13.1 Å². The fourth-order valence-corrected chi connectivity index (χ4v) is 6.17. The number of aromatic amines is 1. The third kappa shape index (κ3) is 6.55. The van der Waals surface area contributed by atoms with E-state index in [0.717, 1.165) is 89.5 Å². The lowest BCUT2D eigenvalue weighted by atomic mass is 9.98. The fraction of sp³-hybridized carbons (Fsp3) is 0.424. The van der Waals surface area contributed by atoms with Crippen LogP contribution in [0.15, 0.2) is 62.6 Å². The lowest BCUT2D eigenvalue weighted by Crippen LogP contribution is -2.41. The summed E-state index contributed by atoms with van der Waals surface area (Å²) in [6, 6.07) is 15.8. The van der Waals surface area contributed by atoms with Crippen molar-refractivity contribution in [3.8, 4) is 22.5 Å². The van der Waals surface area contributed by atoms with Crippen LogP contribution in [0.25, 0.3) is 22.5 Å². The first-order chi connectivity index (χ1) is 20.9. The molecule has 2 aromatic heterocycles. The minimum Gasteiger partial charge on any atom is -0.393 e. The molecule has 9 nitrogen and oxygen atoms in total. The number of nitrogens with zero attached hydrogens (tertiary/aromatic N) is 4. The van der Waals surface area contributed by atoms with E-state index in [1.54, 1.807) is 0 Å². The summed E-state index contributed by atoms with van der Waals surface area (Å²) < 4.78 is 6.57. The zero-order valence-corrected chi connectivity index (χ0v) is 25.2. The van der Waals surface area contributed by atoms with E-state index < -0.39 is 5.76 Å². The van der Waals surface area contributed by atoms with Crippen molar-refractivity contribution in [2.45, 2.75) is 76.9 Å². The van der Waals surface area contributed by atoms with Crippen LogP contribution in [0.5, 0.6) is 0 Å². The van der Waals surface area contributed by atoms with Gasteiger partial charge in [-0.3, -0.25) is 18.9 Å². The van der Waals surface area contributed by atoms with Crippen molar-refractivity contribution >= 4 is 17.2 Å². The number of piperidine rings is 1. The van der Waals surface area contributed by atoms with Crippen LogP contribution in [0.3, 0.4) is 0 Å². The molecule has 0 spiro atoms. The van der Waals surface area contributed by atoms with Gasteiger partial charge in [-0.05, 0) is 48.8 Å². The molecule has 2 fully saturated rings. The van der Waals surface area contributed by atoms with Gasteiger partial charge in [-0.2, -0.15) is 0 Å². The largest absolute Gasteiger partial charge is 0.439 e. The van der Waals surface area contributed by atoms with Crippen LogP contribution in [-0.4, -0.2) is 53.9 Å². The highest BCUT2D eigenvalue weighted by molar-refractivity contribution is 7.80. The van der Waals surface area contributed by atoms with Gasteiger partial charge in [0.15, 0.2) is 5.82 Å². The van der Waals surface area contributed by atoms with Crippen molar-refractivity contribution in [3.05, 3.63) is 92.1 Å². The number of unbranched alkanes of at least 4 members (excludes halogenated alkanes) is 1. The molecule has 1 saturated carbocycles. The van der Waals surface area contributed by atoms with Crippen molar-refractivity contribution in [1.82, 2.24) is 24.6 Å². The minimum absolute atomic E-state index is 0.00630. The molecule has 2 aliphatic rings. The Kier molecular flexibility index (Phi) is 8.67. The van der Waals surface area contributed by atoms with E-state index in [9.17, 15) is 14.7 Å². The van der Waals surface area contributed by atoms with Gasteiger partial charge in [-0.15, -0.1) is 0 Å². The molecule has 6 rings (SSSR count). The molecule has 10 heteroatoms. The van der Waals surface area contributed by atoms with Crippen LogP contribution in [0.2, 0.25) is 0 Å². The van der Waals surface area contributed by atoms with Gasteiger partial charge < -0.3 is 10.0 Å². The van der Waals surface area contributed by atoms with Crippen molar-refractivity contribution < 1.29 is 9.63 Å². The van der Waals surface area contributed by atoms with Crippen molar-refractivity contribution in [1.29, 1.82) is 0 Å². The summed E-state index contributed by atoms with van der Waals surface area (Å²) in [5.41, 5.74) is 5.30. The van der Waals surface area contributed by atoms with Crippen LogP contribution in [-0.2, 0) is 19.4 Å². The normalized spacial score (nSPS) is 15.6. The number of rotatable bonds is 10. The van der Waals surface area contributed by atoms with E-state index in [1.165, 1.54) is 0 Å². The average Bonchev–Trinajstić information content (AvgIpc) is 3.78. The van der Waals surface area contributed by atoms with E-state index in [2.05, 4.69) is 22.0 Å². The molecule has 0 radical (unpaired) electrons. The second kappa shape index (κ2) is 12.8. The van der Waals surface area contributed by atoms with Gasteiger partial charge in [0.2, 0.25) is 0 Å². The quantitative estimate of drug-likeness (QED) is 0.249. The number of likely N-dealkylation sites (tertiary alicyclic amines) is 1. The molecule has 43 heavy (non-hydrogen) atoms. The molecule has 0 atom stereocenters. The van der Waals surface area contributed by atoms with Gasteiger partial charge in [0.1, 0.15) is 5.82 Å². The Hall–Kier alpha value is -3.89. The molecule has 0 unspecified atom stereocenters. The lowest BCUT2D eigenvalue weighted by molar-refractivity contribution is 0.109. The molecule has 224 valence electrons. The van der Waals surface area contributed by atoms with Gasteiger partial charge in [-0.25, -0.2) is 9.78 Å². The first kappa shape index (κ1) is 29.2. The first-order valence-electron chi connectivity index (χ1n) is 15.2. The SMILES string of the molecule is CCCCc1nc(C2CC2)c(CC(=S)N2CCC(O)CC2)c(=O)n1Cc1ccc(-c2ccccc2-c2noc(=O)[nH]2)cc1. The maximum Gasteiger partial charge on any atom is 0.439 e. The second-order valence-corrected chi connectivity index (χ2v) is 12.1. The van der Waals surface area contributed by atoms with Gasteiger partial charge in [0, 0.05) is 43.0 Å². The Morgan fingerprint density at radius 3 is 2.42 bits per heavy atom. The number of nitrogens with one attached hydrogen (secondary N) is 1. The number of hydrogen-bond acceptors (Lipinski definition) is 7. The molecule has 2 aromatic carbocycles. The molecular weight excluding hydrogens is 562 g/mol. The highest BCUT2D eigenvalue weighted by Gasteiger charge is 2.32.